The number of hydrogen-bond acceptors (Lipinski definition) is 3. The van der Waals surface area contributed by atoms with Gasteiger partial charge in [0.05, 0.1) is 12.1 Å². The molecule has 0 saturated carbocycles. The maximum atomic E-state index is 11.6. The molecule has 1 aromatic heterocycles. The molecule has 0 radical (unpaired) electrons. The fourth-order valence-corrected chi connectivity index (χ4v) is 2.20. The number of hydrazone groups is 1. The summed E-state index contributed by atoms with van der Waals surface area (Å²) in [4.78, 5) is 12.7. The summed E-state index contributed by atoms with van der Waals surface area (Å²) in [5, 5.41) is 6.06. The molecule has 0 bridgehead atoms. The van der Waals surface area contributed by atoms with Gasteiger partial charge in [-0.15, -0.1) is 11.3 Å². The first-order chi connectivity index (χ1) is 8.75. The Hall–Kier alpha value is -1.94. The average molecular weight is 258 g/mol. The van der Waals surface area contributed by atoms with Crippen molar-refractivity contribution < 1.29 is 4.79 Å². The van der Waals surface area contributed by atoms with E-state index in [0.29, 0.717) is 6.42 Å². The van der Waals surface area contributed by atoms with Gasteiger partial charge in [0.15, 0.2) is 0 Å². The smallest absolute Gasteiger partial charge is 0.245 e. The van der Waals surface area contributed by atoms with Gasteiger partial charge in [0, 0.05) is 4.88 Å². The van der Waals surface area contributed by atoms with Crippen LogP contribution in [0, 0.1) is 0 Å². The van der Waals surface area contributed by atoms with E-state index in [4.69, 9.17) is 0 Å². The van der Waals surface area contributed by atoms with Crippen LogP contribution in [-0.4, -0.2) is 11.6 Å². The van der Waals surface area contributed by atoms with Crippen LogP contribution >= 0.6 is 11.3 Å². The predicted octanol–water partition coefficient (Wildman–Crippen LogP) is 2.83. The summed E-state index contributed by atoms with van der Waals surface area (Å²) in [6.07, 6.45) is 0.378. The lowest BCUT2D eigenvalue weighted by Gasteiger charge is -2.01. The summed E-state index contributed by atoms with van der Waals surface area (Å²) >= 11 is 1.57. The van der Waals surface area contributed by atoms with Gasteiger partial charge < -0.3 is 0 Å². The van der Waals surface area contributed by atoms with Crippen LogP contribution in [0.1, 0.15) is 17.4 Å². The monoisotopic (exact) mass is 258 g/mol. The first kappa shape index (κ1) is 12.5. The van der Waals surface area contributed by atoms with Gasteiger partial charge >= 0.3 is 0 Å². The van der Waals surface area contributed by atoms with Gasteiger partial charge in [0.25, 0.3) is 0 Å². The molecule has 92 valence electrons. The number of thiophene rings is 1. The quantitative estimate of drug-likeness (QED) is 0.665. The van der Waals surface area contributed by atoms with Gasteiger partial charge in [-0.1, -0.05) is 36.4 Å². The Morgan fingerprint density at radius 1 is 1.22 bits per heavy atom. The van der Waals surface area contributed by atoms with Gasteiger partial charge in [-0.25, -0.2) is 5.43 Å². The molecule has 1 amide bonds. The third-order valence-corrected chi connectivity index (χ3v) is 3.33. The number of nitrogens with zero attached hydrogens (tertiary/aromatic N) is 1. The van der Waals surface area contributed by atoms with Crippen molar-refractivity contribution in [2.24, 2.45) is 5.10 Å². The first-order valence-corrected chi connectivity index (χ1v) is 6.54. The van der Waals surface area contributed by atoms with Gasteiger partial charge in [-0.05, 0) is 23.9 Å². The number of rotatable bonds is 4. The minimum Gasteiger partial charge on any atom is -0.273 e. The van der Waals surface area contributed by atoms with Crippen molar-refractivity contribution >= 4 is 23.0 Å². The molecule has 0 spiro atoms. The number of nitrogens with one attached hydrogen (secondary N) is 1. The Morgan fingerprint density at radius 2 is 2.00 bits per heavy atom. The molecule has 0 aliphatic heterocycles. The van der Waals surface area contributed by atoms with Crippen LogP contribution in [0.3, 0.4) is 0 Å². The van der Waals surface area contributed by atoms with E-state index in [1.807, 2.05) is 54.8 Å². The molecular weight excluding hydrogens is 244 g/mol. The normalized spacial score (nSPS) is 11.3. The molecule has 1 aromatic carbocycles. The Balaban J connectivity index is 1.92. The SMILES string of the molecule is CC(=NNC(=O)Cc1cccs1)c1ccccc1. The van der Waals surface area contributed by atoms with Crippen molar-refractivity contribution in [1.29, 1.82) is 0 Å². The Bertz CT molecular complexity index is 532. The van der Waals surface area contributed by atoms with E-state index >= 15 is 0 Å². The van der Waals surface area contributed by atoms with E-state index in [1.165, 1.54) is 0 Å². The van der Waals surface area contributed by atoms with Crippen LogP contribution in [0.2, 0.25) is 0 Å². The van der Waals surface area contributed by atoms with E-state index < -0.39 is 0 Å². The molecule has 3 nitrogen and oxygen atoms in total. The van der Waals surface area contributed by atoms with E-state index in [2.05, 4.69) is 10.5 Å². The molecular formula is C14H14N2OS. The second-order valence-corrected chi connectivity index (χ2v) is 4.89. The van der Waals surface area contributed by atoms with Crippen molar-refractivity contribution in [2.45, 2.75) is 13.3 Å². The predicted molar refractivity (Wildman–Crippen MR) is 74.8 cm³/mol. The summed E-state index contributed by atoms with van der Waals surface area (Å²) in [5.41, 5.74) is 4.38. The molecule has 0 unspecified atom stereocenters. The molecule has 1 heterocycles. The zero-order chi connectivity index (χ0) is 12.8. The lowest BCUT2D eigenvalue weighted by Crippen LogP contribution is -2.20. The average Bonchev–Trinajstić information content (AvgIpc) is 2.90. The van der Waals surface area contributed by atoms with Crippen molar-refractivity contribution in [3.05, 3.63) is 58.3 Å². The molecule has 4 heteroatoms. The highest BCUT2D eigenvalue weighted by Crippen LogP contribution is 2.08. The molecule has 18 heavy (non-hydrogen) atoms. The number of amides is 1. The van der Waals surface area contributed by atoms with E-state index in [9.17, 15) is 4.79 Å². The second kappa shape index (κ2) is 6.12. The highest BCUT2D eigenvalue weighted by molar-refractivity contribution is 7.10. The molecule has 0 saturated heterocycles. The van der Waals surface area contributed by atoms with E-state index in [0.717, 1.165) is 16.2 Å². The van der Waals surface area contributed by atoms with Crippen LogP contribution in [0.4, 0.5) is 0 Å². The second-order valence-electron chi connectivity index (χ2n) is 3.85. The van der Waals surface area contributed by atoms with Gasteiger partial charge in [0.1, 0.15) is 0 Å². The molecule has 1 N–H and O–H groups in total. The van der Waals surface area contributed by atoms with E-state index in [-0.39, 0.29) is 5.91 Å². The fraction of sp³-hybridized carbons (Fsp3) is 0.143. The van der Waals surface area contributed by atoms with Gasteiger partial charge in [0.2, 0.25) is 5.91 Å². The van der Waals surface area contributed by atoms with Crippen LogP contribution in [0.25, 0.3) is 0 Å². The summed E-state index contributed by atoms with van der Waals surface area (Å²) in [5.74, 6) is -0.0901. The lowest BCUT2D eigenvalue weighted by atomic mass is 10.1. The van der Waals surface area contributed by atoms with Gasteiger partial charge in [-0.3, -0.25) is 4.79 Å². The largest absolute Gasteiger partial charge is 0.273 e. The van der Waals surface area contributed by atoms with Crippen LogP contribution in [0.15, 0.2) is 52.9 Å². The topological polar surface area (TPSA) is 41.5 Å². The fourth-order valence-electron chi connectivity index (χ4n) is 1.50. The minimum atomic E-state index is -0.0901. The molecule has 0 fully saturated rings. The Morgan fingerprint density at radius 3 is 2.67 bits per heavy atom. The molecule has 0 aliphatic carbocycles. The summed E-state index contributed by atoms with van der Waals surface area (Å²) < 4.78 is 0. The first-order valence-electron chi connectivity index (χ1n) is 5.66. The molecule has 0 aliphatic rings. The van der Waals surface area contributed by atoms with Crippen molar-refractivity contribution in [3.63, 3.8) is 0 Å². The molecule has 2 rings (SSSR count). The van der Waals surface area contributed by atoms with Crippen LogP contribution in [-0.2, 0) is 11.2 Å². The van der Waals surface area contributed by atoms with Gasteiger partial charge in [-0.2, -0.15) is 5.10 Å². The third-order valence-electron chi connectivity index (χ3n) is 2.45. The highest BCUT2D eigenvalue weighted by Gasteiger charge is 2.03. The van der Waals surface area contributed by atoms with Crippen LogP contribution < -0.4 is 5.43 Å². The van der Waals surface area contributed by atoms with Crippen molar-refractivity contribution in [2.75, 3.05) is 0 Å². The maximum absolute atomic E-state index is 11.6. The van der Waals surface area contributed by atoms with Crippen molar-refractivity contribution in [3.8, 4) is 0 Å². The summed E-state index contributed by atoms with van der Waals surface area (Å²) in [6, 6.07) is 13.6. The number of carbonyl (C=O) groups is 1. The standard InChI is InChI=1S/C14H14N2OS/c1-11(12-6-3-2-4-7-12)15-16-14(17)10-13-8-5-9-18-13/h2-9H,10H2,1H3,(H,16,17). The van der Waals surface area contributed by atoms with Crippen molar-refractivity contribution in [1.82, 2.24) is 5.43 Å². The summed E-state index contributed by atoms with van der Waals surface area (Å²) in [7, 11) is 0. The number of hydrogen-bond donors (Lipinski definition) is 1. The zero-order valence-corrected chi connectivity index (χ0v) is 10.9. The number of carbonyl (C=O) groups excluding carboxylic acids is 1. The Kier molecular flexibility index (Phi) is 4.25. The Labute approximate surface area is 110 Å². The minimum absolute atomic E-state index is 0.0901. The van der Waals surface area contributed by atoms with Crippen LogP contribution in [0.5, 0.6) is 0 Å². The summed E-state index contributed by atoms with van der Waals surface area (Å²) in [6.45, 7) is 1.88. The highest BCUT2D eigenvalue weighted by atomic mass is 32.1. The lowest BCUT2D eigenvalue weighted by molar-refractivity contribution is -0.120. The third kappa shape index (κ3) is 3.53. The number of benzene rings is 1. The molecule has 2 aromatic rings. The maximum Gasteiger partial charge on any atom is 0.245 e. The zero-order valence-electron chi connectivity index (χ0n) is 10.1. The van der Waals surface area contributed by atoms with E-state index in [1.54, 1.807) is 11.3 Å². The molecule has 0 atom stereocenters.